The number of alkyl halides is 2. The summed E-state index contributed by atoms with van der Waals surface area (Å²) in [5.41, 5.74) is 0.144. The molecule has 0 saturated carbocycles. The van der Waals surface area contributed by atoms with E-state index in [0.717, 1.165) is 4.68 Å². The second-order valence-electron chi connectivity index (χ2n) is 7.09. The molecule has 172 valence electrons. The Balaban J connectivity index is 1.89. The number of rotatable bonds is 8. The fourth-order valence-corrected chi connectivity index (χ4v) is 3.15. The zero-order valence-electron chi connectivity index (χ0n) is 18.0. The summed E-state index contributed by atoms with van der Waals surface area (Å²) in [6.07, 6.45) is -2.41. The summed E-state index contributed by atoms with van der Waals surface area (Å²) in [4.78, 5) is 35.6. The van der Waals surface area contributed by atoms with Gasteiger partial charge in [-0.3, -0.25) is 9.59 Å². The minimum Gasteiger partial charge on any atom is -0.465 e. The first kappa shape index (κ1) is 23.6. The van der Waals surface area contributed by atoms with E-state index in [1.165, 1.54) is 38.4 Å². The molecule has 0 spiro atoms. The maximum Gasteiger partial charge on any atom is 0.337 e. The van der Waals surface area contributed by atoms with Crippen molar-refractivity contribution in [3.63, 3.8) is 0 Å². The number of nitrogens with one attached hydrogen (secondary N) is 1. The van der Waals surface area contributed by atoms with E-state index in [2.05, 4.69) is 15.2 Å². The lowest BCUT2D eigenvalue weighted by atomic mass is 10.1. The number of hydrogen-bond acceptors (Lipinski definition) is 6. The highest BCUT2D eigenvalue weighted by Gasteiger charge is 2.30. The van der Waals surface area contributed by atoms with Crippen molar-refractivity contribution >= 4 is 18.2 Å². The Morgan fingerprint density at radius 2 is 1.85 bits per heavy atom. The Kier molecular flexibility index (Phi) is 7.17. The predicted octanol–water partition coefficient (Wildman–Crippen LogP) is 4.24. The number of aryl methyl sites for hydroxylation is 1. The van der Waals surface area contributed by atoms with Gasteiger partial charge in [-0.25, -0.2) is 18.3 Å². The summed E-state index contributed by atoms with van der Waals surface area (Å²) in [7, 11) is 2.64. The van der Waals surface area contributed by atoms with Crippen LogP contribution in [0, 0.1) is 0 Å². The molecule has 1 heterocycles. The summed E-state index contributed by atoms with van der Waals surface area (Å²) in [5, 5.41) is 6.40. The summed E-state index contributed by atoms with van der Waals surface area (Å²) >= 11 is 0. The maximum atomic E-state index is 13.7. The minimum atomic E-state index is -3.02. The normalized spacial score (nSPS) is 11.7. The molecule has 3 rings (SSSR count). The highest BCUT2D eigenvalue weighted by Crippen LogP contribution is 2.33. The molecule has 8 nitrogen and oxygen atoms in total. The lowest BCUT2D eigenvalue weighted by Gasteiger charge is -2.16. The number of hydrogen-bond donors (Lipinski definition) is 1. The van der Waals surface area contributed by atoms with Crippen LogP contribution >= 0.6 is 0 Å². The number of methoxy groups -OCH3 is 1. The van der Waals surface area contributed by atoms with Crippen molar-refractivity contribution in [2.75, 3.05) is 7.11 Å². The number of halogens is 2. The molecule has 2 aromatic carbocycles. The van der Waals surface area contributed by atoms with Crippen LogP contribution in [0.2, 0.25) is 0 Å². The molecule has 1 amide bonds. The van der Waals surface area contributed by atoms with E-state index in [4.69, 9.17) is 4.74 Å². The Morgan fingerprint density at radius 1 is 1.15 bits per heavy atom. The molecular weight excluding hydrogens is 436 g/mol. The Bertz CT molecular complexity index is 1180. The first-order chi connectivity index (χ1) is 15.7. The van der Waals surface area contributed by atoms with Gasteiger partial charge < -0.3 is 14.8 Å². The first-order valence-corrected chi connectivity index (χ1v) is 9.82. The van der Waals surface area contributed by atoms with Crippen LogP contribution in [-0.2, 0) is 11.8 Å². The summed E-state index contributed by atoms with van der Waals surface area (Å²) in [6.45, 7) is 1.66. The zero-order chi connectivity index (χ0) is 24.1. The molecule has 3 aromatic rings. The number of ether oxygens (including phenoxy) is 2. The van der Waals surface area contributed by atoms with E-state index in [1.807, 2.05) is 0 Å². The van der Waals surface area contributed by atoms with Gasteiger partial charge in [0, 0.05) is 12.6 Å². The van der Waals surface area contributed by atoms with Crippen LogP contribution in [0.25, 0.3) is 0 Å². The minimum absolute atomic E-state index is 0.184. The molecule has 1 atom stereocenters. The highest BCUT2D eigenvalue weighted by atomic mass is 19.3. The number of esters is 1. The van der Waals surface area contributed by atoms with Gasteiger partial charge in [0.25, 0.3) is 12.3 Å². The second-order valence-corrected chi connectivity index (χ2v) is 7.09. The summed E-state index contributed by atoms with van der Waals surface area (Å²) in [5.74, 6) is -1.33. The topological polar surface area (TPSA) is 99.5 Å². The van der Waals surface area contributed by atoms with Crippen LogP contribution in [0.1, 0.15) is 61.7 Å². The average Bonchev–Trinajstić information content (AvgIpc) is 3.15. The van der Waals surface area contributed by atoms with Crippen molar-refractivity contribution in [2.45, 2.75) is 19.4 Å². The third kappa shape index (κ3) is 5.22. The highest BCUT2D eigenvalue weighted by molar-refractivity contribution is 5.98. The van der Waals surface area contributed by atoms with Gasteiger partial charge in [-0.2, -0.15) is 5.10 Å². The monoisotopic (exact) mass is 457 g/mol. The quantitative estimate of drug-likeness (QED) is 0.401. The van der Waals surface area contributed by atoms with Crippen LogP contribution in [0.5, 0.6) is 11.6 Å². The van der Waals surface area contributed by atoms with Crippen LogP contribution in [0.4, 0.5) is 8.78 Å². The molecule has 0 saturated heterocycles. The molecule has 0 fully saturated rings. The number of aldehydes is 1. The fraction of sp³-hybridized carbons (Fsp3) is 0.217. The third-order valence-corrected chi connectivity index (χ3v) is 4.84. The van der Waals surface area contributed by atoms with Gasteiger partial charge in [0.05, 0.1) is 18.7 Å². The van der Waals surface area contributed by atoms with E-state index in [9.17, 15) is 23.2 Å². The third-order valence-electron chi connectivity index (χ3n) is 4.84. The van der Waals surface area contributed by atoms with Gasteiger partial charge in [-0.1, -0.05) is 24.3 Å². The van der Waals surface area contributed by atoms with Gasteiger partial charge in [0.15, 0.2) is 0 Å². The molecule has 0 aliphatic rings. The average molecular weight is 457 g/mol. The molecule has 0 unspecified atom stereocenters. The molecule has 1 aromatic heterocycles. The van der Waals surface area contributed by atoms with E-state index in [1.54, 1.807) is 31.2 Å². The van der Waals surface area contributed by atoms with Crippen LogP contribution < -0.4 is 10.1 Å². The molecule has 0 aliphatic heterocycles. The van der Waals surface area contributed by atoms with Crippen LogP contribution in [0.3, 0.4) is 0 Å². The van der Waals surface area contributed by atoms with Crippen molar-refractivity contribution in [2.24, 2.45) is 7.05 Å². The molecular formula is C23H21F2N3O5. The van der Waals surface area contributed by atoms with Crippen molar-refractivity contribution in [3.8, 4) is 11.6 Å². The smallest absolute Gasteiger partial charge is 0.337 e. The molecule has 0 bridgehead atoms. The maximum absolute atomic E-state index is 13.7. The van der Waals surface area contributed by atoms with Gasteiger partial charge in [0.2, 0.25) is 5.88 Å². The number of carbonyl (C=O) groups excluding carboxylic acids is 3. The van der Waals surface area contributed by atoms with E-state index < -0.39 is 35.6 Å². The molecule has 0 aliphatic carbocycles. The Morgan fingerprint density at radius 3 is 2.45 bits per heavy atom. The van der Waals surface area contributed by atoms with E-state index in [-0.39, 0.29) is 11.6 Å². The first-order valence-electron chi connectivity index (χ1n) is 9.82. The molecule has 10 heteroatoms. The van der Waals surface area contributed by atoms with Gasteiger partial charge >= 0.3 is 5.97 Å². The van der Waals surface area contributed by atoms with E-state index >= 15 is 0 Å². The van der Waals surface area contributed by atoms with E-state index in [0.29, 0.717) is 23.0 Å². The Hall–Kier alpha value is -4.08. The Labute approximate surface area is 188 Å². The lowest BCUT2D eigenvalue weighted by Crippen LogP contribution is -2.27. The number of nitrogens with zero attached hydrogens (tertiary/aromatic N) is 2. The van der Waals surface area contributed by atoms with Crippen LogP contribution in [0.15, 0.2) is 48.5 Å². The standard InChI is InChI=1S/C23H21F2N3O5/c1-13(15-7-9-16(10-8-15)23(31)32-3)26-21(30)18-19(20(24)25)27-28(2)22(18)33-17-6-4-5-14(11-17)12-29/h4-13,20H,1-3H3,(H,26,30)/t13-/m0/s1. The zero-order valence-corrected chi connectivity index (χ0v) is 18.0. The van der Waals surface area contributed by atoms with Gasteiger partial charge in [-0.05, 0) is 36.8 Å². The van der Waals surface area contributed by atoms with Crippen LogP contribution in [-0.4, -0.2) is 35.1 Å². The SMILES string of the molecule is COC(=O)c1ccc([C@H](C)NC(=O)c2c(C(F)F)nn(C)c2Oc2cccc(C=O)c2)cc1. The molecule has 0 radical (unpaired) electrons. The number of benzene rings is 2. The largest absolute Gasteiger partial charge is 0.465 e. The lowest BCUT2D eigenvalue weighted by molar-refractivity contribution is 0.0600. The number of aromatic nitrogens is 2. The van der Waals surface area contributed by atoms with Crippen molar-refractivity contribution in [1.82, 2.24) is 15.1 Å². The van der Waals surface area contributed by atoms with Gasteiger partial charge in [0.1, 0.15) is 23.3 Å². The van der Waals surface area contributed by atoms with Gasteiger partial charge in [-0.15, -0.1) is 0 Å². The predicted molar refractivity (Wildman–Crippen MR) is 114 cm³/mol. The fourth-order valence-electron chi connectivity index (χ4n) is 3.15. The number of amides is 1. The van der Waals surface area contributed by atoms with Crippen molar-refractivity contribution in [3.05, 3.63) is 76.5 Å². The number of carbonyl (C=O) groups is 3. The molecule has 1 N–H and O–H groups in total. The molecule has 33 heavy (non-hydrogen) atoms. The second kappa shape index (κ2) is 10.0. The van der Waals surface area contributed by atoms with Crippen molar-refractivity contribution < 1.29 is 32.6 Å². The summed E-state index contributed by atoms with van der Waals surface area (Å²) < 4.78 is 38.7. The summed E-state index contributed by atoms with van der Waals surface area (Å²) in [6, 6.07) is 11.8. The van der Waals surface area contributed by atoms with Crippen molar-refractivity contribution in [1.29, 1.82) is 0 Å².